The molecule has 0 unspecified atom stereocenters. The first kappa shape index (κ1) is 16.4. The molecule has 132 valence electrons. The maximum Gasteiger partial charge on any atom is 0.251 e. The first-order valence-electron chi connectivity index (χ1n) is 8.89. The average Bonchev–Trinajstić information content (AvgIpc) is 3.26. The summed E-state index contributed by atoms with van der Waals surface area (Å²) in [7, 11) is 0. The summed E-state index contributed by atoms with van der Waals surface area (Å²) in [5.74, 6) is -0.0322. The number of fused-ring (bicyclic) bond motifs is 1. The molecular weight excluding hydrogens is 326 g/mol. The van der Waals surface area contributed by atoms with E-state index in [2.05, 4.69) is 22.4 Å². The van der Waals surface area contributed by atoms with Gasteiger partial charge in [0.1, 0.15) is 0 Å². The molecule has 5 heteroatoms. The highest BCUT2D eigenvalue weighted by molar-refractivity contribution is 5.98. The fraction of sp³-hybridized carbons (Fsp3) is 0.238. The summed E-state index contributed by atoms with van der Waals surface area (Å²) in [5, 5.41) is 4.07. The van der Waals surface area contributed by atoms with Crippen LogP contribution in [0.2, 0.25) is 0 Å². The van der Waals surface area contributed by atoms with Gasteiger partial charge < -0.3 is 15.2 Å². The zero-order valence-electron chi connectivity index (χ0n) is 14.4. The van der Waals surface area contributed by atoms with Crippen LogP contribution >= 0.6 is 0 Å². The quantitative estimate of drug-likeness (QED) is 0.745. The number of nitrogens with zero attached hydrogens (tertiary/aromatic N) is 1. The van der Waals surface area contributed by atoms with Crippen molar-refractivity contribution >= 4 is 22.7 Å². The second-order valence-corrected chi connectivity index (χ2v) is 6.73. The van der Waals surface area contributed by atoms with E-state index >= 15 is 0 Å². The maximum absolute atomic E-state index is 12.5. The van der Waals surface area contributed by atoms with Crippen LogP contribution < -0.4 is 5.32 Å². The van der Waals surface area contributed by atoms with Gasteiger partial charge in [-0.05, 0) is 35.6 Å². The monoisotopic (exact) mass is 347 g/mol. The normalized spacial score (nSPS) is 17.0. The highest BCUT2D eigenvalue weighted by atomic mass is 16.2. The number of carbonyl (C=O) groups excluding carboxylic acids is 2. The van der Waals surface area contributed by atoms with Gasteiger partial charge in [-0.2, -0.15) is 0 Å². The van der Waals surface area contributed by atoms with E-state index in [1.54, 1.807) is 0 Å². The summed E-state index contributed by atoms with van der Waals surface area (Å²) < 4.78 is 0. The number of nitrogens with one attached hydrogen (secondary N) is 2. The molecular formula is C21H21N3O2. The van der Waals surface area contributed by atoms with Crippen LogP contribution in [0.5, 0.6) is 0 Å². The molecule has 1 saturated heterocycles. The predicted molar refractivity (Wildman–Crippen MR) is 101 cm³/mol. The number of carbonyl (C=O) groups is 2. The van der Waals surface area contributed by atoms with Gasteiger partial charge in [0.25, 0.3) is 5.91 Å². The lowest BCUT2D eigenvalue weighted by atomic mass is 10.1. The minimum absolute atomic E-state index is 0.103. The molecule has 3 aromatic rings. The van der Waals surface area contributed by atoms with E-state index in [1.807, 2.05) is 53.6 Å². The van der Waals surface area contributed by atoms with Gasteiger partial charge >= 0.3 is 0 Å². The highest BCUT2D eigenvalue weighted by Gasteiger charge is 2.30. The lowest BCUT2D eigenvalue weighted by Gasteiger charge is -2.17. The van der Waals surface area contributed by atoms with E-state index in [0.29, 0.717) is 25.1 Å². The van der Waals surface area contributed by atoms with Crippen LogP contribution in [0.3, 0.4) is 0 Å². The van der Waals surface area contributed by atoms with Crippen molar-refractivity contribution in [2.45, 2.75) is 18.9 Å². The fourth-order valence-electron chi connectivity index (χ4n) is 3.45. The van der Waals surface area contributed by atoms with Gasteiger partial charge in [0, 0.05) is 36.8 Å². The minimum Gasteiger partial charge on any atom is -0.361 e. The third kappa shape index (κ3) is 3.47. The summed E-state index contributed by atoms with van der Waals surface area (Å²) >= 11 is 0. The molecule has 2 amide bonds. The van der Waals surface area contributed by atoms with Gasteiger partial charge in [0.2, 0.25) is 5.91 Å². The lowest BCUT2D eigenvalue weighted by molar-refractivity contribution is -0.127. The molecule has 1 atom stereocenters. The number of aromatic amines is 1. The summed E-state index contributed by atoms with van der Waals surface area (Å²) in [5.41, 5.74) is 2.76. The second-order valence-electron chi connectivity index (χ2n) is 6.73. The van der Waals surface area contributed by atoms with E-state index in [1.165, 1.54) is 5.56 Å². The SMILES string of the molecule is O=C(N[C@H]1CC(=O)N(CCc2ccccc2)C1)c1ccc2cc[nH]c2c1. The third-order valence-corrected chi connectivity index (χ3v) is 4.88. The second kappa shape index (κ2) is 7.04. The maximum atomic E-state index is 12.5. The molecule has 2 N–H and O–H groups in total. The predicted octanol–water partition coefficient (Wildman–Crippen LogP) is 2.74. The molecule has 2 heterocycles. The van der Waals surface area contributed by atoms with Crippen LogP contribution in [-0.4, -0.2) is 40.8 Å². The summed E-state index contributed by atoms with van der Waals surface area (Å²) in [4.78, 5) is 29.7. The molecule has 1 fully saturated rings. The Morgan fingerprint density at radius 3 is 2.85 bits per heavy atom. The molecule has 2 aromatic carbocycles. The highest BCUT2D eigenvalue weighted by Crippen LogP contribution is 2.16. The number of hydrogen-bond donors (Lipinski definition) is 2. The van der Waals surface area contributed by atoms with Gasteiger partial charge in [-0.3, -0.25) is 9.59 Å². The molecule has 0 aliphatic carbocycles. The van der Waals surface area contributed by atoms with Crippen molar-refractivity contribution in [2.75, 3.05) is 13.1 Å². The minimum atomic E-state index is -0.135. The van der Waals surface area contributed by atoms with Gasteiger partial charge in [-0.15, -0.1) is 0 Å². The lowest BCUT2D eigenvalue weighted by Crippen LogP contribution is -2.37. The van der Waals surface area contributed by atoms with E-state index in [-0.39, 0.29) is 17.9 Å². The molecule has 0 bridgehead atoms. The number of rotatable bonds is 5. The van der Waals surface area contributed by atoms with E-state index < -0.39 is 0 Å². The Bertz CT molecular complexity index is 933. The Morgan fingerprint density at radius 1 is 1.15 bits per heavy atom. The van der Waals surface area contributed by atoms with Crippen LogP contribution in [0, 0.1) is 0 Å². The number of amides is 2. The van der Waals surface area contributed by atoms with Crippen molar-refractivity contribution < 1.29 is 9.59 Å². The van der Waals surface area contributed by atoms with Crippen LogP contribution in [0.1, 0.15) is 22.3 Å². The van der Waals surface area contributed by atoms with Gasteiger partial charge in [-0.25, -0.2) is 0 Å². The molecule has 5 nitrogen and oxygen atoms in total. The van der Waals surface area contributed by atoms with Crippen molar-refractivity contribution in [1.29, 1.82) is 0 Å². The van der Waals surface area contributed by atoms with Crippen LogP contribution in [0.4, 0.5) is 0 Å². The number of H-pyrrole nitrogens is 1. The van der Waals surface area contributed by atoms with Crippen molar-refractivity contribution in [3.05, 3.63) is 71.9 Å². The first-order chi connectivity index (χ1) is 12.7. The van der Waals surface area contributed by atoms with Crippen LogP contribution in [-0.2, 0) is 11.2 Å². The zero-order valence-corrected chi connectivity index (χ0v) is 14.4. The zero-order chi connectivity index (χ0) is 17.9. The molecule has 0 radical (unpaired) electrons. The Balaban J connectivity index is 1.35. The average molecular weight is 347 g/mol. The largest absolute Gasteiger partial charge is 0.361 e. The molecule has 0 saturated carbocycles. The summed E-state index contributed by atoms with van der Waals surface area (Å²) in [6.07, 6.45) is 3.05. The third-order valence-electron chi connectivity index (χ3n) is 4.88. The molecule has 1 aliphatic rings. The molecule has 0 spiro atoms. The van der Waals surface area contributed by atoms with E-state index in [0.717, 1.165) is 17.3 Å². The molecule has 1 aromatic heterocycles. The summed E-state index contributed by atoms with van der Waals surface area (Å²) in [6.45, 7) is 1.26. The standard InChI is InChI=1S/C21H21N3O2/c25-20-13-18(14-24(20)11-9-15-4-2-1-3-5-15)23-21(26)17-7-6-16-8-10-22-19(16)12-17/h1-8,10,12,18,22H,9,11,13-14H2,(H,23,26)/t18-/m0/s1. The number of aromatic nitrogens is 1. The fourth-order valence-corrected chi connectivity index (χ4v) is 3.45. The van der Waals surface area contributed by atoms with Gasteiger partial charge in [0.15, 0.2) is 0 Å². The van der Waals surface area contributed by atoms with E-state index in [4.69, 9.17) is 0 Å². The molecule has 26 heavy (non-hydrogen) atoms. The smallest absolute Gasteiger partial charge is 0.251 e. The van der Waals surface area contributed by atoms with Crippen LogP contribution in [0.15, 0.2) is 60.8 Å². The number of likely N-dealkylation sites (tertiary alicyclic amines) is 1. The van der Waals surface area contributed by atoms with Crippen LogP contribution in [0.25, 0.3) is 10.9 Å². The topological polar surface area (TPSA) is 65.2 Å². The van der Waals surface area contributed by atoms with Gasteiger partial charge in [-0.1, -0.05) is 36.4 Å². The Labute approximate surface area is 152 Å². The Hall–Kier alpha value is -3.08. The Kier molecular flexibility index (Phi) is 4.44. The van der Waals surface area contributed by atoms with Crippen molar-refractivity contribution in [3.63, 3.8) is 0 Å². The molecule has 1 aliphatic heterocycles. The first-order valence-corrected chi connectivity index (χ1v) is 8.89. The number of hydrogen-bond acceptors (Lipinski definition) is 2. The summed E-state index contributed by atoms with van der Waals surface area (Å²) in [6, 6.07) is 17.5. The van der Waals surface area contributed by atoms with Crippen molar-refractivity contribution in [1.82, 2.24) is 15.2 Å². The number of benzene rings is 2. The van der Waals surface area contributed by atoms with E-state index in [9.17, 15) is 9.59 Å². The van der Waals surface area contributed by atoms with Crippen molar-refractivity contribution in [2.24, 2.45) is 0 Å². The molecule has 4 rings (SSSR count). The van der Waals surface area contributed by atoms with Gasteiger partial charge in [0.05, 0.1) is 6.04 Å². The van der Waals surface area contributed by atoms with Crippen molar-refractivity contribution in [3.8, 4) is 0 Å². The Morgan fingerprint density at radius 2 is 2.00 bits per heavy atom.